The number of rotatable bonds is 2. The van der Waals surface area contributed by atoms with Crippen molar-refractivity contribution in [3.05, 3.63) is 65.0 Å². The summed E-state index contributed by atoms with van der Waals surface area (Å²) in [6.45, 7) is 2.16. The molecule has 0 spiro atoms. The minimum atomic E-state index is 0.428. The lowest BCUT2D eigenvalue weighted by atomic mass is 9.83. The molecule has 0 saturated heterocycles. The van der Waals surface area contributed by atoms with Crippen molar-refractivity contribution in [2.75, 3.05) is 0 Å². The normalized spacial score (nSPS) is 14.4. The lowest BCUT2D eigenvalue weighted by molar-refractivity contribution is 0.467. The third-order valence-electron chi connectivity index (χ3n) is 3.90. The van der Waals surface area contributed by atoms with Gasteiger partial charge >= 0.3 is 0 Å². The van der Waals surface area contributed by atoms with E-state index in [1.807, 2.05) is 18.3 Å². The maximum atomic E-state index is 9.92. The molecule has 0 bridgehead atoms. The van der Waals surface area contributed by atoms with Gasteiger partial charge in [-0.1, -0.05) is 23.8 Å². The Labute approximate surface area is 113 Å². The zero-order chi connectivity index (χ0) is 13.2. The number of pyridine rings is 1. The topological polar surface area (TPSA) is 33.1 Å². The summed E-state index contributed by atoms with van der Waals surface area (Å²) in [7, 11) is 0. The van der Waals surface area contributed by atoms with Crippen molar-refractivity contribution in [3.63, 3.8) is 0 Å². The average Bonchev–Trinajstić information content (AvgIpc) is 2.44. The predicted octanol–water partition coefficient (Wildman–Crippen LogP) is 3.75. The molecule has 3 rings (SSSR count). The second-order valence-corrected chi connectivity index (χ2v) is 5.07. The molecule has 0 radical (unpaired) electrons. The van der Waals surface area contributed by atoms with Crippen LogP contribution in [0.1, 0.15) is 30.0 Å². The molecule has 0 saturated carbocycles. The van der Waals surface area contributed by atoms with Crippen LogP contribution in [-0.4, -0.2) is 10.1 Å². The SMILES string of the molecule is CC1=C(Cc2cccnc2)CCc2c(O)cccc21. The molecule has 2 nitrogen and oxygen atoms in total. The maximum Gasteiger partial charge on any atom is 0.119 e. The van der Waals surface area contributed by atoms with Gasteiger partial charge in [0.25, 0.3) is 0 Å². The highest BCUT2D eigenvalue weighted by molar-refractivity contribution is 5.73. The van der Waals surface area contributed by atoms with Crippen molar-refractivity contribution in [2.45, 2.75) is 26.2 Å². The van der Waals surface area contributed by atoms with Crippen LogP contribution in [0.5, 0.6) is 5.75 Å². The summed E-state index contributed by atoms with van der Waals surface area (Å²) >= 11 is 0. The lowest BCUT2D eigenvalue weighted by Crippen LogP contribution is -2.06. The molecule has 2 aromatic rings. The molecule has 1 N–H and O–H groups in total. The molecule has 0 aliphatic heterocycles. The quantitative estimate of drug-likeness (QED) is 0.881. The number of benzene rings is 1. The minimum Gasteiger partial charge on any atom is -0.508 e. The number of hydrogen-bond acceptors (Lipinski definition) is 2. The number of phenols is 1. The lowest BCUT2D eigenvalue weighted by Gasteiger charge is -2.22. The monoisotopic (exact) mass is 251 g/mol. The Morgan fingerprint density at radius 2 is 2.05 bits per heavy atom. The highest BCUT2D eigenvalue weighted by atomic mass is 16.3. The van der Waals surface area contributed by atoms with E-state index in [0.29, 0.717) is 5.75 Å². The summed E-state index contributed by atoms with van der Waals surface area (Å²) < 4.78 is 0. The van der Waals surface area contributed by atoms with Gasteiger partial charge in [-0.25, -0.2) is 0 Å². The van der Waals surface area contributed by atoms with Crippen molar-refractivity contribution >= 4 is 5.57 Å². The van der Waals surface area contributed by atoms with Crippen molar-refractivity contribution in [3.8, 4) is 5.75 Å². The van der Waals surface area contributed by atoms with Gasteiger partial charge < -0.3 is 5.11 Å². The standard InChI is InChI=1S/C17H17NO/c1-12-14(10-13-4-3-9-18-11-13)7-8-16-15(12)5-2-6-17(16)19/h2-6,9,11,19H,7-8,10H2,1H3. The molecular weight excluding hydrogens is 234 g/mol. The summed E-state index contributed by atoms with van der Waals surface area (Å²) in [4.78, 5) is 4.17. The van der Waals surface area contributed by atoms with Gasteiger partial charge in [0, 0.05) is 18.0 Å². The molecule has 1 aromatic carbocycles. The summed E-state index contributed by atoms with van der Waals surface area (Å²) in [5, 5.41) is 9.92. The Kier molecular flexibility index (Phi) is 3.08. The minimum absolute atomic E-state index is 0.428. The van der Waals surface area contributed by atoms with Crippen LogP contribution < -0.4 is 0 Å². The van der Waals surface area contributed by atoms with Crippen LogP contribution in [0.25, 0.3) is 5.57 Å². The predicted molar refractivity (Wildman–Crippen MR) is 77.0 cm³/mol. The Morgan fingerprint density at radius 3 is 2.84 bits per heavy atom. The van der Waals surface area contributed by atoms with Gasteiger partial charge in [0.1, 0.15) is 5.75 Å². The van der Waals surface area contributed by atoms with Crippen LogP contribution in [0.3, 0.4) is 0 Å². The van der Waals surface area contributed by atoms with E-state index in [1.165, 1.54) is 22.3 Å². The molecule has 2 heteroatoms. The molecule has 1 aliphatic carbocycles. The third-order valence-corrected chi connectivity index (χ3v) is 3.90. The fraction of sp³-hybridized carbons (Fsp3) is 0.235. The molecule has 0 fully saturated rings. The number of allylic oxidation sites excluding steroid dienone is 2. The molecule has 1 aliphatic rings. The number of phenolic OH excluding ortho intramolecular Hbond substituents is 1. The van der Waals surface area contributed by atoms with Crippen LogP contribution >= 0.6 is 0 Å². The van der Waals surface area contributed by atoms with E-state index in [-0.39, 0.29) is 0 Å². The molecule has 1 aromatic heterocycles. The highest BCUT2D eigenvalue weighted by Gasteiger charge is 2.18. The van der Waals surface area contributed by atoms with Gasteiger partial charge in [-0.15, -0.1) is 0 Å². The molecule has 0 amide bonds. The van der Waals surface area contributed by atoms with Gasteiger partial charge in [-0.05, 0) is 55.0 Å². The van der Waals surface area contributed by atoms with Gasteiger partial charge in [0.15, 0.2) is 0 Å². The van der Waals surface area contributed by atoms with Gasteiger partial charge in [0.05, 0.1) is 0 Å². The molecule has 0 atom stereocenters. The average molecular weight is 251 g/mol. The smallest absolute Gasteiger partial charge is 0.119 e. The first kappa shape index (κ1) is 12.0. The van der Waals surface area contributed by atoms with Crippen molar-refractivity contribution in [1.82, 2.24) is 4.98 Å². The van der Waals surface area contributed by atoms with Crippen molar-refractivity contribution < 1.29 is 5.11 Å². The first-order chi connectivity index (χ1) is 9.25. The van der Waals surface area contributed by atoms with Crippen molar-refractivity contribution in [1.29, 1.82) is 0 Å². The Bertz CT molecular complexity index is 629. The number of nitrogens with zero attached hydrogens (tertiary/aromatic N) is 1. The molecular formula is C17H17NO. The zero-order valence-electron chi connectivity index (χ0n) is 11.1. The Morgan fingerprint density at radius 1 is 1.16 bits per heavy atom. The van der Waals surface area contributed by atoms with Crippen LogP contribution in [0.4, 0.5) is 0 Å². The Hall–Kier alpha value is -2.09. The van der Waals surface area contributed by atoms with E-state index in [2.05, 4.69) is 24.0 Å². The summed E-state index contributed by atoms with van der Waals surface area (Å²) in [6.07, 6.45) is 6.63. The first-order valence-electron chi connectivity index (χ1n) is 6.64. The fourth-order valence-electron chi connectivity index (χ4n) is 2.81. The maximum absolute atomic E-state index is 9.92. The first-order valence-corrected chi connectivity index (χ1v) is 6.64. The van der Waals surface area contributed by atoms with E-state index >= 15 is 0 Å². The van der Waals surface area contributed by atoms with Crippen LogP contribution in [0, 0.1) is 0 Å². The van der Waals surface area contributed by atoms with Crippen LogP contribution in [-0.2, 0) is 12.8 Å². The molecule has 1 heterocycles. The van der Waals surface area contributed by atoms with Crippen LogP contribution in [0.15, 0.2) is 48.3 Å². The van der Waals surface area contributed by atoms with Crippen molar-refractivity contribution in [2.24, 2.45) is 0 Å². The largest absolute Gasteiger partial charge is 0.508 e. The summed E-state index contributed by atoms with van der Waals surface area (Å²) in [5.74, 6) is 0.428. The molecule has 0 unspecified atom stereocenters. The van der Waals surface area contributed by atoms with Gasteiger partial charge in [-0.2, -0.15) is 0 Å². The van der Waals surface area contributed by atoms with E-state index in [9.17, 15) is 5.11 Å². The van der Waals surface area contributed by atoms with E-state index in [1.54, 1.807) is 12.3 Å². The van der Waals surface area contributed by atoms with E-state index < -0.39 is 0 Å². The summed E-state index contributed by atoms with van der Waals surface area (Å²) in [6, 6.07) is 9.90. The van der Waals surface area contributed by atoms with Gasteiger partial charge in [0.2, 0.25) is 0 Å². The fourth-order valence-corrected chi connectivity index (χ4v) is 2.81. The highest BCUT2D eigenvalue weighted by Crippen LogP contribution is 2.36. The zero-order valence-corrected chi connectivity index (χ0v) is 11.1. The van der Waals surface area contributed by atoms with Gasteiger partial charge in [-0.3, -0.25) is 4.98 Å². The number of hydrogen-bond donors (Lipinski definition) is 1. The number of aromatic hydroxyl groups is 1. The number of fused-ring (bicyclic) bond motifs is 1. The second kappa shape index (κ2) is 4.88. The second-order valence-electron chi connectivity index (χ2n) is 5.07. The van der Waals surface area contributed by atoms with E-state index in [4.69, 9.17) is 0 Å². The number of aromatic nitrogens is 1. The molecule has 19 heavy (non-hydrogen) atoms. The third kappa shape index (κ3) is 2.26. The van der Waals surface area contributed by atoms with Crippen LogP contribution in [0.2, 0.25) is 0 Å². The molecule has 96 valence electrons. The summed E-state index contributed by atoms with van der Waals surface area (Å²) in [5.41, 5.74) is 6.30. The Balaban J connectivity index is 1.97. The van der Waals surface area contributed by atoms with E-state index in [0.717, 1.165) is 24.8 Å².